The minimum Gasteiger partial charge on any atom is -0.381 e. The SMILES string of the molecule is CNc1ncc(C2CCOCC2)[nH]1. The van der Waals surface area contributed by atoms with Gasteiger partial charge in [0.15, 0.2) is 5.95 Å². The van der Waals surface area contributed by atoms with Gasteiger partial charge < -0.3 is 15.0 Å². The minimum atomic E-state index is 0.600. The van der Waals surface area contributed by atoms with E-state index >= 15 is 0 Å². The van der Waals surface area contributed by atoms with Crippen LogP contribution in [0.15, 0.2) is 6.20 Å². The Balaban J connectivity index is 2.05. The monoisotopic (exact) mass is 181 g/mol. The molecule has 0 unspecified atom stereocenters. The summed E-state index contributed by atoms with van der Waals surface area (Å²) in [6, 6.07) is 0. The van der Waals surface area contributed by atoms with Gasteiger partial charge in [-0.05, 0) is 12.8 Å². The molecule has 4 nitrogen and oxygen atoms in total. The zero-order valence-electron chi connectivity index (χ0n) is 7.84. The second kappa shape index (κ2) is 3.79. The number of anilines is 1. The first-order valence-corrected chi connectivity index (χ1v) is 4.70. The van der Waals surface area contributed by atoms with E-state index in [0.29, 0.717) is 5.92 Å². The van der Waals surface area contributed by atoms with Gasteiger partial charge in [-0.1, -0.05) is 0 Å². The Labute approximate surface area is 77.7 Å². The van der Waals surface area contributed by atoms with Crippen molar-refractivity contribution < 1.29 is 4.74 Å². The van der Waals surface area contributed by atoms with Crippen molar-refractivity contribution in [3.8, 4) is 0 Å². The molecule has 0 bridgehead atoms. The lowest BCUT2D eigenvalue weighted by Crippen LogP contribution is -2.14. The Kier molecular flexibility index (Phi) is 2.49. The normalized spacial score (nSPS) is 18.8. The number of rotatable bonds is 2. The maximum atomic E-state index is 5.30. The Bertz CT molecular complexity index is 266. The zero-order chi connectivity index (χ0) is 9.10. The van der Waals surface area contributed by atoms with Gasteiger partial charge in [0, 0.05) is 31.9 Å². The van der Waals surface area contributed by atoms with E-state index in [4.69, 9.17) is 4.74 Å². The molecule has 13 heavy (non-hydrogen) atoms. The van der Waals surface area contributed by atoms with Crippen LogP contribution in [0.1, 0.15) is 24.5 Å². The van der Waals surface area contributed by atoms with E-state index in [1.54, 1.807) is 0 Å². The van der Waals surface area contributed by atoms with Gasteiger partial charge in [0.1, 0.15) is 0 Å². The minimum absolute atomic E-state index is 0.600. The van der Waals surface area contributed by atoms with Crippen LogP contribution < -0.4 is 5.32 Å². The molecule has 0 amide bonds. The van der Waals surface area contributed by atoms with E-state index in [1.165, 1.54) is 5.69 Å². The van der Waals surface area contributed by atoms with Crippen LogP contribution >= 0.6 is 0 Å². The maximum Gasteiger partial charge on any atom is 0.200 e. The molecule has 0 radical (unpaired) electrons. The van der Waals surface area contributed by atoms with Crippen LogP contribution in [0, 0.1) is 0 Å². The highest BCUT2D eigenvalue weighted by Crippen LogP contribution is 2.25. The van der Waals surface area contributed by atoms with Gasteiger partial charge in [0.2, 0.25) is 0 Å². The van der Waals surface area contributed by atoms with Crippen molar-refractivity contribution in [2.75, 3.05) is 25.6 Å². The number of imidazole rings is 1. The fourth-order valence-electron chi connectivity index (χ4n) is 1.68. The number of ether oxygens (including phenoxy) is 1. The fourth-order valence-corrected chi connectivity index (χ4v) is 1.68. The average molecular weight is 181 g/mol. The third kappa shape index (κ3) is 1.83. The second-order valence-electron chi connectivity index (χ2n) is 3.32. The lowest BCUT2D eigenvalue weighted by molar-refractivity contribution is 0.0846. The van der Waals surface area contributed by atoms with Crippen molar-refractivity contribution >= 4 is 5.95 Å². The number of aromatic amines is 1. The first-order valence-electron chi connectivity index (χ1n) is 4.70. The number of nitrogens with zero attached hydrogens (tertiary/aromatic N) is 1. The van der Waals surface area contributed by atoms with E-state index in [0.717, 1.165) is 32.0 Å². The van der Waals surface area contributed by atoms with Crippen molar-refractivity contribution in [1.82, 2.24) is 9.97 Å². The predicted molar refractivity (Wildman–Crippen MR) is 50.9 cm³/mol. The molecule has 72 valence electrons. The summed E-state index contributed by atoms with van der Waals surface area (Å²) in [6.07, 6.45) is 4.12. The average Bonchev–Trinajstić information content (AvgIpc) is 2.67. The van der Waals surface area contributed by atoms with Crippen molar-refractivity contribution in [1.29, 1.82) is 0 Å². The summed E-state index contributed by atoms with van der Waals surface area (Å²) >= 11 is 0. The fraction of sp³-hybridized carbons (Fsp3) is 0.667. The zero-order valence-corrected chi connectivity index (χ0v) is 7.84. The van der Waals surface area contributed by atoms with Gasteiger partial charge >= 0.3 is 0 Å². The summed E-state index contributed by atoms with van der Waals surface area (Å²) in [7, 11) is 1.87. The van der Waals surface area contributed by atoms with Crippen molar-refractivity contribution in [3.63, 3.8) is 0 Å². The van der Waals surface area contributed by atoms with E-state index in [2.05, 4.69) is 15.3 Å². The summed E-state index contributed by atoms with van der Waals surface area (Å²) in [5, 5.41) is 2.99. The highest BCUT2D eigenvalue weighted by molar-refractivity contribution is 5.26. The van der Waals surface area contributed by atoms with Crippen LogP contribution in [0.25, 0.3) is 0 Å². The summed E-state index contributed by atoms with van der Waals surface area (Å²) in [5.74, 6) is 1.45. The summed E-state index contributed by atoms with van der Waals surface area (Å²) in [6.45, 7) is 1.75. The maximum absolute atomic E-state index is 5.30. The van der Waals surface area contributed by atoms with Gasteiger partial charge in [-0.2, -0.15) is 0 Å². The molecule has 1 aromatic rings. The molecule has 0 spiro atoms. The number of nitrogens with one attached hydrogen (secondary N) is 2. The van der Waals surface area contributed by atoms with Crippen LogP contribution in [0.5, 0.6) is 0 Å². The van der Waals surface area contributed by atoms with Gasteiger partial charge in [-0.25, -0.2) is 4.98 Å². The Morgan fingerprint density at radius 2 is 2.31 bits per heavy atom. The van der Waals surface area contributed by atoms with Crippen molar-refractivity contribution in [2.24, 2.45) is 0 Å². The van der Waals surface area contributed by atoms with Crippen LogP contribution in [-0.2, 0) is 4.74 Å². The van der Waals surface area contributed by atoms with E-state index in [9.17, 15) is 0 Å². The van der Waals surface area contributed by atoms with E-state index < -0.39 is 0 Å². The number of aromatic nitrogens is 2. The second-order valence-corrected chi connectivity index (χ2v) is 3.32. The third-order valence-corrected chi connectivity index (χ3v) is 2.49. The first-order chi connectivity index (χ1) is 6.40. The molecule has 2 heterocycles. The molecular weight excluding hydrogens is 166 g/mol. The summed E-state index contributed by atoms with van der Waals surface area (Å²) in [4.78, 5) is 7.46. The predicted octanol–water partition coefficient (Wildman–Crippen LogP) is 1.35. The summed E-state index contributed by atoms with van der Waals surface area (Å²) in [5.41, 5.74) is 1.23. The quantitative estimate of drug-likeness (QED) is 0.724. The van der Waals surface area contributed by atoms with Crippen LogP contribution in [0.2, 0.25) is 0 Å². The van der Waals surface area contributed by atoms with E-state index in [-0.39, 0.29) is 0 Å². The molecule has 0 aliphatic carbocycles. The lowest BCUT2D eigenvalue weighted by atomic mass is 9.97. The molecule has 0 saturated carbocycles. The largest absolute Gasteiger partial charge is 0.381 e. The molecule has 1 aromatic heterocycles. The van der Waals surface area contributed by atoms with Gasteiger partial charge in [0.25, 0.3) is 0 Å². The topological polar surface area (TPSA) is 49.9 Å². The van der Waals surface area contributed by atoms with Gasteiger partial charge in [-0.15, -0.1) is 0 Å². The number of hydrogen-bond donors (Lipinski definition) is 2. The molecular formula is C9H15N3O. The highest BCUT2D eigenvalue weighted by Gasteiger charge is 2.17. The number of H-pyrrole nitrogens is 1. The molecule has 1 fully saturated rings. The smallest absolute Gasteiger partial charge is 0.200 e. The van der Waals surface area contributed by atoms with E-state index in [1.807, 2.05) is 13.2 Å². The molecule has 2 rings (SSSR count). The Morgan fingerprint density at radius 1 is 1.54 bits per heavy atom. The Morgan fingerprint density at radius 3 is 2.92 bits per heavy atom. The van der Waals surface area contributed by atoms with Gasteiger partial charge in [0.05, 0.1) is 6.20 Å². The summed E-state index contributed by atoms with van der Waals surface area (Å²) < 4.78 is 5.30. The molecule has 0 atom stereocenters. The van der Waals surface area contributed by atoms with Crippen LogP contribution in [0.4, 0.5) is 5.95 Å². The van der Waals surface area contributed by atoms with Crippen molar-refractivity contribution in [2.45, 2.75) is 18.8 Å². The third-order valence-electron chi connectivity index (χ3n) is 2.49. The molecule has 1 aliphatic rings. The molecule has 1 saturated heterocycles. The van der Waals surface area contributed by atoms with Crippen molar-refractivity contribution in [3.05, 3.63) is 11.9 Å². The molecule has 1 aliphatic heterocycles. The molecule has 4 heteroatoms. The van der Waals surface area contributed by atoms with Crippen LogP contribution in [0.3, 0.4) is 0 Å². The van der Waals surface area contributed by atoms with Crippen LogP contribution in [-0.4, -0.2) is 30.2 Å². The Hall–Kier alpha value is -1.03. The lowest BCUT2D eigenvalue weighted by Gasteiger charge is -2.20. The molecule has 0 aromatic carbocycles. The van der Waals surface area contributed by atoms with Gasteiger partial charge in [-0.3, -0.25) is 0 Å². The molecule has 2 N–H and O–H groups in total. The highest BCUT2D eigenvalue weighted by atomic mass is 16.5. The standard InChI is InChI=1S/C9H15N3O/c1-10-9-11-6-8(12-9)7-2-4-13-5-3-7/h6-7H,2-5H2,1H3,(H2,10,11,12). The number of hydrogen-bond acceptors (Lipinski definition) is 3. The first kappa shape index (κ1) is 8.56.